The van der Waals surface area contributed by atoms with E-state index >= 15 is 0 Å². The number of hydrogen-bond acceptors (Lipinski definition) is 3. The highest BCUT2D eigenvalue weighted by atomic mass is 16.5. The number of hydrogen-bond donors (Lipinski definition) is 1. The molecule has 2 aromatic carbocycles. The first-order valence-electron chi connectivity index (χ1n) is 7.99. The van der Waals surface area contributed by atoms with Crippen LogP contribution < -0.4 is 14.8 Å². The van der Waals surface area contributed by atoms with E-state index in [9.17, 15) is 4.79 Å². The van der Waals surface area contributed by atoms with Crippen molar-refractivity contribution in [2.75, 3.05) is 19.8 Å². The zero-order valence-corrected chi connectivity index (χ0v) is 13.5. The molecule has 2 aromatic rings. The van der Waals surface area contributed by atoms with Crippen molar-refractivity contribution in [2.45, 2.75) is 19.8 Å². The number of carbonyl (C=O) groups is 1. The predicted octanol–water partition coefficient (Wildman–Crippen LogP) is 3.67. The second-order valence-electron chi connectivity index (χ2n) is 5.12. The largest absolute Gasteiger partial charge is 0.490 e. The first-order chi connectivity index (χ1) is 11.3. The lowest BCUT2D eigenvalue weighted by Crippen LogP contribution is -2.25. The first-order valence-corrected chi connectivity index (χ1v) is 7.99. The molecule has 0 unspecified atom stereocenters. The lowest BCUT2D eigenvalue weighted by molar-refractivity contribution is 0.0948. The molecule has 0 atom stereocenters. The van der Waals surface area contributed by atoms with Gasteiger partial charge in [0.15, 0.2) is 0 Å². The molecule has 2 rings (SSSR count). The molecule has 4 nitrogen and oxygen atoms in total. The van der Waals surface area contributed by atoms with Crippen molar-refractivity contribution < 1.29 is 14.3 Å². The molecule has 23 heavy (non-hydrogen) atoms. The molecule has 0 saturated carbocycles. The minimum Gasteiger partial charge on any atom is -0.490 e. The molecular weight excluding hydrogens is 290 g/mol. The number of rotatable bonds is 9. The van der Waals surface area contributed by atoms with Crippen molar-refractivity contribution in [3.05, 3.63) is 60.2 Å². The third kappa shape index (κ3) is 5.66. The van der Waals surface area contributed by atoms with Gasteiger partial charge in [0, 0.05) is 6.54 Å². The summed E-state index contributed by atoms with van der Waals surface area (Å²) < 4.78 is 11.3. The van der Waals surface area contributed by atoms with Gasteiger partial charge in [-0.05, 0) is 30.7 Å². The van der Waals surface area contributed by atoms with Crippen LogP contribution in [0.1, 0.15) is 30.1 Å². The average molecular weight is 313 g/mol. The summed E-state index contributed by atoms with van der Waals surface area (Å²) in [6.07, 6.45) is 2.02. The van der Waals surface area contributed by atoms with Crippen LogP contribution in [0.5, 0.6) is 11.5 Å². The summed E-state index contributed by atoms with van der Waals surface area (Å²) in [7, 11) is 0. The van der Waals surface area contributed by atoms with Crippen LogP contribution in [0.3, 0.4) is 0 Å². The van der Waals surface area contributed by atoms with Crippen LogP contribution in [0.25, 0.3) is 0 Å². The zero-order chi connectivity index (χ0) is 16.3. The maximum Gasteiger partial charge on any atom is 0.255 e. The molecule has 0 heterocycles. The van der Waals surface area contributed by atoms with Gasteiger partial charge in [0.2, 0.25) is 0 Å². The molecule has 0 aliphatic rings. The van der Waals surface area contributed by atoms with Crippen LogP contribution in [-0.4, -0.2) is 25.7 Å². The fraction of sp³-hybridized carbons (Fsp3) is 0.316. The summed E-state index contributed by atoms with van der Waals surface area (Å²) in [5.74, 6) is 1.29. The van der Waals surface area contributed by atoms with Gasteiger partial charge in [-0.2, -0.15) is 0 Å². The van der Waals surface area contributed by atoms with E-state index < -0.39 is 0 Å². The van der Waals surface area contributed by atoms with Crippen molar-refractivity contribution >= 4 is 5.91 Å². The van der Waals surface area contributed by atoms with Crippen LogP contribution >= 0.6 is 0 Å². The van der Waals surface area contributed by atoms with Gasteiger partial charge in [0.1, 0.15) is 24.7 Å². The number of unbranched alkanes of at least 4 members (excludes halogenated alkanes) is 1. The Morgan fingerprint density at radius 2 is 1.65 bits per heavy atom. The Labute approximate surface area is 137 Å². The highest BCUT2D eigenvalue weighted by Gasteiger charge is 2.11. The van der Waals surface area contributed by atoms with Gasteiger partial charge in [0.25, 0.3) is 5.91 Å². The summed E-state index contributed by atoms with van der Waals surface area (Å²) in [5.41, 5.74) is 0.559. The van der Waals surface area contributed by atoms with Gasteiger partial charge < -0.3 is 14.8 Å². The zero-order valence-electron chi connectivity index (χ0n) is 13.5. The second-order valence-corrected chi connectivity index (χ2v) is 5.12. The third-order valence-corrected chi connectivity index (χ3v) is 3.30. The molecule has 0 aliphatic heterocycles. The molecule has 0 aliphatic carbocycles. The minimum absolute atomic E-state index is 0.0990. The van der Waals surface area contributed by atoms with E-state index in [4.69, 9.17) is 9.47 Å². The van der Waals surface area contributed by atoms with Gasteiger partial charge in [-0.15, -0.1) is 0 Å². The van der Waals surface area contributed by atoms with Gasteiger partial charge >= 0.3 is 0 Å². The van der Waals surface area contributed by atoms with Crippen molar-refractivity contribution in [3.63, 3.8) is 0 Å². The fourth-order valence-corrected chi connectivity index (χ4v) is 2.08. The van der Waals surface area contributed by atoms with Gasteiger partial charge in [-0.1, -0.05) is 43.7 Å². The predicted molar refractivity (Wildman–Crippen MR) is 91.1 cm³/mol. The maximum atomic E-state index is 12.2. The summed E-state index contributed by atoms with van der Waals surface area (Å²) in [4.78, 5) is 12.2. The average Bonchev–Trinajstić information content (AvgIpc) is 2.60. The molecule has 0 spiro atoms. The topological polar surface area (TPSA) is 47.6 Å². The summed E-state index contributed by atoms with van der Waals surface area (Å²) >= 11 is 0. The Balaban J connectivity index is 1.83. The van der Waals surface area contributed by atoms with E-state index in [0.717, 1.165) is 18.6 Å². The van der Waals surface area contributed by atoms with Gasteiger partial charge in [0.05, 0.1) is 5.56 Å². The minimum atomic E-state index is -0.0990. The van der Waals surface area contributed by atoms with Crippen LogP contribution in [0.15, 0.2) is 54.6 Å². The van der Waals surface area contributed by atoms with Crippen molar-refractivity contribution in [2.24, 2.45) is 0 Å². The number of para-hydroxylation sites is 2. The van der Waals surface area contributed by atoms with Gasteiger partial charge in [-0.25, -0.2) is 0 Å². The lowest BCUT2D eigenvalue weighted by atomic mass is 10.2. The van der Waals surface area contributed by atoms with Crippen LogP contribution in [-0.2, 0) is 0 Å². The Bertz CT molecular complexity index is 599. The molecule has 0 fully saturated rings. The SMILES string of the molecule is CCCCNC(=O)c1ccccc1OCCOc1ccccc1. The highest BCUT2D eigenvalue weighted by molar-refractivity contribution is 5.96. The highest BCUT2D eigenvalue weighted by Crippen LogP contribution is 2.18. The van der Waals surface area contributed by atoms with E-state index in [-0.39, 0.29) is 5.91 Å². The number of carbonyl (C=O) groups excluding carboxylic acids is 1. The molecular formula is C19H23NO3. The lowest BCUT2D eigenvalue weighted by Gasteiger charge is -2.12. The quantitative estimate of drug-likeness (QED) is 0.719. The van der Waals surface area contributed by atoms with E-state index in [1.54, 1.807) is 12.1 Å². The summed E-state index contributed by atoms with van der Waals surface area (Å²) in [6.45, 7) is 3.58. The van der Waals surface area contributed by atoms with Crippen LogP contribution in [0.2, 0.25) is 0 Å². The van der Waals surface area contributed by atoms with E-state index in [1.165, 1.54) is 0 Å². The van der Waals surface area contributed by atoms with Gasteiger partial charge in [-0.3, -0.25) is 4.79 Å². The van der Waals surface area contributed by atoms with Crippen LogP contribution in [0, 0.1) is 0 Å². The van der Waals surface area contributed by atoms with Crippen LogP contribution in [0.4, 0.5) is 0 Å². The number of nitrogens with one attached hydrogen (secondary N) is 1. The maximum absolute atomic E-state index is 12.2. The standard InChI is InChI=1S/C19H23NO3/c1-2-3-13-20-19(21)17-11-7-8-12-18(17)23-15-14-22-16-9-5-4-6-10-16/h4-12H,2-3,13-15H2,1H3,(H,20,21). The van der Waals surface area contributed by atoms with E-state index in [2.05, 4.69) is 12.2 Å². The number of benzene rings is 2. The Morgan fingerprint density at radius 1 is 0.957 bits per heavy atom. The summed E-state index contributed by atoms with van der Waals surface area (Å²) in [5, 5.41) is 2.91. The molecule has 4 heteroatoms. The third-order valence-electron chi connectivity index (χ3n) is 3.30. The first kappa shape index (κ1) is 16.9. The smallest absolute Gasteiger partial charge is 0.255 e. The van der Waals surface area contributed by atoms with Crippen molar-refractivity contribution in [1.29, 1.82) is 0 Å². The fourth-order valence-electron chi connectivity index (χ4n) is 2.08. The van der Waals surface area contributed by atoms with Crippen molar-refractivity contribution in [3.8, 4) is 11.5 Å². The number of amides is 1. The Morgan fingerprint density at radius 3 is 2.43 bits per heavy atom. The Kier molecular flexibility index (Phi) is 6.98. The monoisotopic (exact) mass is 313 g/mol. The molecule has 122 valence electrons. The normalized spacial score (nSPS) is 10.1. The van der Waals surface area contributed by atoms with Crippen molar-refractivity contribution in [1.82, 2.24) is 5.32 Å². The molecule has 1 N–H and O–H groups in total. The van der Waals surface area contributed by atoms with E-state index in [0.29, 0.717) is 31.1 Å². The number of ether oxygens (including phenoxy) is 2. The Hall–Kier alpha value is -2.49. The molecule has 0 aromatic heterocycles. The van der Waals surface area contributed by atoms with E-state index in [1.807, 2.05) is 42.5 Å². The summed E-state index contributed by atoms with van der Waals surface area (Å²) in [6, 6.07) is 16.9. The second kappa shape index (κ2) is 9.51. The molecule has 0 saturated heterocycles. The molecule has 0 bridgehead atoms. The molecule has 0 radical (unpaired) electrons. The molecule has 1 amide bonds.